The summed E-state index contributed by atoms with van der Waals surface area (Å²) in [5.74, 6) is 1.57. The molecule has 1 aliphatic heterocycles. The number of thiocarbonyl (C=S) groups is 1. The van der Waals surface area contributed by atoms with Crippen molar-refractivity contribution in [3.05, 3.63) is 53.1 Å². The van der Waals surface area contributed by atoms with Crippen LogP contribution in [0.2, 0.25) is 5.02 Å². The molecule has 4 nitrogen and oxygen atoms in total. The zero-order valence-corrected chi connectivity index (χ0v) is 16.6. The molecule has 0 fully saturated rings. The molecule has 0 radical (unpaired) electrons. The molecule has 0 bridgehead atoms. The largest absolute Gasteiger partial charge is 0.486 e. The Labute approximate surface area is 165 Å². The number of anilines is 1. The summed E-state index contributed by atoms with van der Waals surface area (Å²) >= 11 is 11.9. The summed E-state index contributed by atoms with van der Waals surface area (Å²) in [5.41, 5.74) is 1.91. The van der Waals surface area contributed by atoms with Crippen LogP contribution in [-0.4, -0.2) is 35.8 Å². The maximum absolute atomic E-state index is 6.21. The van der Waals surface area contributed by atoms with Crippen molar-refractivity contribution in [2.24, 2.45) is 0 Å². The molecule has 0 saturated carbocycles. The van der Waals surface area contributed by atoms with Gasteiger partial charge in [0.1, 0.15) is 6.61 Å². The second-order valence-electron chi connectivity index (χ2n) is 6.29. The Balaban J connectivity index is 1.67. The lowest BCUT2D eigenvalue weighted by Crippen LogP contribution is -2.45. The molecule has 2 aromatic carbocycles. The van der Waals surface area contributed by atoms with E-state index in [4.69, 9.17) is 33.3 Å². The van der Waals surface area contributed by atoms with Crippen molar-refractivity contribution in [1.82, 2.24) is 4.90 Å². The van der Waals surface area contributed by atoms with Gasteiger partial charge >= 0.3 is 0 Å². The number of para-hydroxylation sites is 2. The zero-order chi connectivity index (χ0) is 18.5. The van der Waals surface area contributed by atoms with E-state index in [1.807, 2.05) is 49.4 Å². The molecule has 1 atom stereocenters. The van der Waals surface area contributed by atoms with Crippen molar-refractivity contribution in [1.29, 1.82) is 0 Å². The van der Waals surface area contributed by atoms with Crippen LogP contribution in [0.3, 0.4) is 0 Å². The van der Waals surface area contributed by atoms with E-state index in [0.29, 0.717) is 18.3 Å². The SMILES string of the molecule is CCCN(C[C@H]1COc2ccccc2O1)C(=S)Nc1cccc(Cl)c1C. The van der Waals surface area contributed by atoms with Crippen molar-refractivity contribution in [2.45, 2.75) is 26.4 Å². The van der Waals surface area contributed by atoms with Gasteiger partial charge in [-0.1, -0.05) is 36.7 Å². The number of ether oxygens (including phenoxy) is 2. The van der Waals surface area contributed by atoms with E-state index in [1.54, 1.807) is 0 Å². The van der Waals surface area contributed by atoms with Crippen LogP contribution in [0.15, 0.2) is 42.5 Å². The van der Waals surface area contributed by atoms with Gasteiger partial charge in [-0.25, -0.2) is 0 Å². The Kier molecular flexibility index (Phi) is 6.22. The topological polar surface area (TPSA) is 33.7 Å². The molecular formula is C20H23ClN2O2S. The highest BCUT2D eigenvalue weighted by atomic mass is 35.5. The highest BCUT2D eigenvalue weighted by Gasteiger charge is 2.24. The molecule has 2 aromatic rings. The minimum absolute atomic E-state index is 0.0725. The van der Waals surface area contributed by atoms with E-state index in [1.165, 1.54) is 0 Å². The van der Waals surface area contributed by atoms with Gasteiger partial charge in [-0.3, -0.25) is 0 Å². The van der Waals surface area contributed by atoms with Crippen LogP contribution in [0, 0.1) is 6.92 Å². The monoisotopic (exact) mass is 390 g/mol. The second-order valence-corrected chi connectivity index (χ2v) is 7.08. The fourth-order valence-electron chi connectivity index (χ4n) is 2.88. The highest BCUT2D eigenvalue weighted by molar-refractivity contribution is 7.80. The number of hydrogen-bond donors (Lipinski definition) is 1. The van der Waals surface area contributed by atoms with Crippen molar-refractivity contribution >= 4 is 34.6 Å². The number of halogens is 1. The molecule has 0 spiro atoms. The summed E-state index contributed by atoms with van der Waals surface area (Å²) in [7, 11) is 0. The minimum Gasteiger partial charge on any atom is -0.486 e. The normalized spacial score (nSPS) is 15.4. The lowest BCUT2D eigenvalue weighted by molar-refractivity contribution is 0.0746. The molecule has 0 saturated heterocycles. The van der Waals surface area contributed by atoms with E-state index >= 15 is 0 Å². The maximum atomic E-state index is 6.21. The van der Waals surface area contributed by atoms with Crippen LogP contribution < -0.4 is 14.8 Å². The Morgan fingerprint density at radius 3 is 2.77 bits per heavy atom. The average molecular weight is 391 g/mol. The van der Waals surface area contributed by atoms with Crippen LogP contribution in [0.4, 0.5) is 5.69 Å². The molecule has 0 aliphatic carbocycles. The highest BCUT2D eigenvalue weighted by Crippen LogP contribution is 2.31. The van der Waals surface area contributed by atoms with Crippen molar-refractivity contribution in [3.8, 4) is 11.5 Å². The Morgan fingerprint density at radius 2 is 2.00 bits per heavy atom. The van der Waals surface area contributed by atoms with Gasteiger partial charge in [-0.2, -0.15) is 0 Å². The molecular weight excluding hydrogens is 368 g/mol. The van der Waals surface area contributed by atoms with E-state index in [9.17, 15) is 0 Å². The van der Waals surface area contributed by atoms with Gasteiger partial charge in [0.25, 0.3) is 0 Å². The first-order valence-electron chi connectivity index (χ1n) is 8.78. The van der Waals surface area contributed by atoms with E-state index in [0.717, 1.165) is 40.7 Å². The van der Waals surface area contributed by atoms with E-state index in [2.05, 4.69) is 17.1 Å². The summed E-state index contributed by atoms with van der Waals surface area (Å²) in [6.07, 6.45) is 0.914. The lowest BCUT2D eigenvalue weighted by Gasteiger charge is -2.32. The van der Waals surface area contributed by atoms with Gasteiger partial charge < -0.3 is 19.7 Å². The van der Waals surface area contributed by atoms with Crippen LogP contribution in [0.5, 0.6) is 11.5 Å². The van der Waals surface area contributed by atoms with Gasteiger partial charge in [0, 0.05) is 17.3 Å². The quantitative estimate of drug-likeness (QED) is 0.734. The van der Waals surface area contributed by atoms with Gasteiger partial charge in [0.15, 0.2) is 22.7 Å². The molecule has 1 N–H and O–H groups in total. The number of benzene rings is 2. The number of fused-ring (bicyclic) bond motifs is 1. The van der Waals surface area contributed by atoms with Gasteiger partial charge in [0.2, 0.25) is 0 Å². The van der Waals surface area contributed by atoms with Crippen LogP contribution in [-0.2, 0) is 0 Å². The fraction of sp³-hybridized carbons (Fsp3) is 0.350. The first-order chi connectivity index (χ1) is 12.6. The Morgan fingerprint density at radius 1 is 1.23 bits per heavy atom. The Bertz CT molecular complexity index is 784. The molecule has 26 heavy (non-hydrogen) atoms. The fourth-order valence-corrected chi connectivity index (χ4v) is 3.33. The summed E-state index contributed by atoms with van der Waals surface area (Å²) < 4.78 is 11.9. The Hall–Kier alpha value is -1.98. The summed E-state index contributed by atoms with van der Waals surface area (Å²) in [5, 5.41) is 4.71. The first-order valence-corrected chi connectivity index (χ1v) is 9.56. The molecule has 3 rings (SSSR count). The third-order valence-electron chi connectivity index (χ3n) is 4.28. The summed E-state index contributed by atoms with van der Waals surface area (Å²) in [6.45, 7) is 6.12. The van der Waals surface area contributed by atoms with Crippen LogP contribution >= 0.6 is 23.8 Å². The number of hydrogen-bond acceptors (Lipinski definition) is 3. The van der Waals surface area contributed by atoms with Crippen molar-refractivity contribution < 1.29 is 9.47 Å². The molecule has 0 amide bonds. The number of nitrogens with zero attached hydrogens (tertiary/aromatic N) is 1. The third-order valence-corrected chi connectivity index (χ3v) is 5.05. The lowest BCUT2D eigenvalue weighted by atomic mass is 10.2. The third kappa shape index (κ3) is 4.40. The first kappa shape index (κ1) is 18.8. The molecule has 1 aliphatic rings. The number of nitrogens with one attached hydrogen (secondary N) is 1. The van der Waals surface area contributed by atoms with E-state index < -0.39 is 0 Å². The second kappa shape index (κ2) is 8.60. The smallest absolute Gasteiger partial charge is 0.173 e. The summed E-state index contributed by atoms with van der Waals surface area (Å²) in [4.78, 5) is 2.12. The zero-order valence-electron chi connectivity index (χ0n) is 15.0. The molecule has 6 heteroatoms. The predicted octanol–water partition coefficient (Wildman–Crippen LogP) is 4.90. The number of rotatable bonds is 5. The van der Waals surface area contributed by atoms with Gasteiger partial charge in [-0.05, 0) is 55.4 Å². The predicted molar refractivity (Wildman–Crippen MR) is 111 cm³/mol. The average Bonchev–Trinajstić information content (AvgIpc) is 2.65. The standard InChI is InChI=1S/C20H23ClN2O2S/c1-3-11-23(20(26)22-17-8-6-7-16(21)14(17)2)12-15-13-24-18-9-4-5-10-19(18)25-15/h4-10,15H,3,11-13H2,1-2H3,(H,22,26)/t15-/m0/s1. The van der Waals surface area contributed by atoms with Crippen molar-refractivity contribution in [2.75, 3.05) is 25.0 Å². The molecule has 1 heterocycles. The molecule has 0 aromatic heterocycles. The van der Waals surface area contributed by atoms with Crippen LogP contribution in [0.1, 0.15) is 18.9 Å². The van der Waals surface area contributed by atoms with E-state index in [-0.39, 0.29) is 6.10 Å². The maximum Gasteiger partial charge on any atom is 0.173 e. The van der Waals surface area contributed by atoms with Gasteiger partial charge in [-0.15, -0.1) is 0 Å². The molecule has 0 unspecified atom stereocenters. The van der Waals surface area contributed by atoms with Crippen molar-refractivity contribution in [3.63, 3.8) is 0 Å². The van der Waals surface area contributed by atoms with Gasteiger partial charge in [0.05, 0.1) is 6.54 Å². The molecule has 138 valence electrons. The summed E-state index contributed by atoms with van der Waals surface area (Å²) in [6, 6.07) is 13.5. The minimum atomic E-state index is -0.0725. The van der Waals surface area contributed by atoms with Crippen LogP contribution in [0.25, 0.3) is 0 Å².